The Kier molecular flexibility index (Phi) is 10.3. The molecule has 0 bridgehead atoms. The lowest BCUT2D eigenvalue weighted by Gasteiger charge is -2.09. The molecule has 0 saturated carbocycles. The molecule has 0 aliphatic heterocycles. The van der Waals surface area contributed by atoms with Crippen LogP contribution >= 0.6 is 24.4 Å². The van der Waals surface area contributed by atoms with Crippen molar-refractivity contribution in [3.63, 3.8) is 0 Å². The number of rotatable bonds is 9. The summed E-state index contributed by atoms with van der Waals surface area (Å²) in [5, 5.41) is 15.7. The fraction of sp³-hybridized carbons (Fsp3) is 0.300. The highest BCUT2D eigenvalue weighted by atomic mass is 32.1. The van der Waals surface area contributed by atoms with Gasteiger partial charge in [-0.2, -0.15) is 10.2 Å². The van der Waals surface area contributed by atoms with Crippen molar-refractivity contribution in [2.45, 2.75) is 26.7 Å². The zero-order chi connectivity index (χ0) is 21.6. The number of pyridine rings is 2. The molecular formula is C20H26N8S2. The molecule has 4 N–H and O–H groups in total. The molecule has 2 aromatic rings. The number of hydrogen-bond acceptors (Lipinski definition) is 6. The van der Waals surface area contributed by atoms with Crippen molar-refractivity contribution in [2.24, 2.45) is 10.2 Å². The van der Waals surface area contributed by atoms with Gasteiger partial charge in [-0.3, -0.25) is 20.8 Å². The molecule has 0 atom stereocenters. The van der Waals surface area contributed by atoms with Gasteiger partial charge in [-0.15, -0.1) is 0 Å². The molecule has 158 valence electrons. The summed E-state index contributed by atoms with van der Waals surface area (Å²) in [5.74, 6) is 0. The van der Waals surface area contributed by atoms with Gasteiger partial charge in [0.25, 0.3) is 0 Å². The average Bonchev–Trinajstić information content (AvgIpc) is 2.79. The van der Waals surface area contributed by atoms with Crippen molar-refractivity contribution in [1.29, 1.82) is 0 Å². The fourth-order valence-electron chi connectivity index (χ4n) is 2.27. The fourth-order valence-corrected chi connectivity index (χ4v) is 2.57. The topological polar surface area (TPSA) is 98.6 Å². The molecule has 8 nitrogen and oxygen atoms in total. The van der Waals surface area contributed by atoms with Gasteiger partial charge in [-0.1, -0.05) is 12.1 Å². The zero-order valence-corrected chi connectivity index (χ0v) is 18.7. The SMILES string of the molecule is C/C(=N\NC(=S)NCCCCNC(=S)N/N=C(\C)c1ccccn1)c1ccccn1. The number of aromatic nitrogens is 2. The zero-order valence-electron chi connectivity index (χ0n) is 17.1. The van der Waals surface area contributed by atoms with Crippen LogP contribution in [0.1, 0.15) is 38.1 Å². The largest absolute Gasteiger partial charge is 0.361 e. The third-order valence-electron chi connectivity index (χ3n) is 3.90. The van der Waals surface area contributed by atoms with Crippen LogP contribution in [0.15, 0.2) is 59.0 Å². The first-order valence-corrected chi connectivity index (χ1v) is 10.4. The molecule has 30 heavy (non-hydrogen) atoms. The lowest BCUT2D eigenvalue weighted by Crippen LogP contribution is -2.35. The van der Waals surface area contributed by atoms with E-state index >= 15 is 0 Å². The molecule has 0 spiro atoms. The minimum Gasteiger partial charge on any atom is -0.361 e. The summed E-state index contributed by atoms with van der Waals surface area (Å²) in [6, 6.07) is 11.4. The molecule has 0 unspecified atom stereocenters. The molecular weight excluding hydrogens is 416 g/mol. The number of thiocarbonyl (C=S) groups is 2. The Morgan fingerprint density at radius 3 is 1.57 bits per heavy atom. The maximum Gasteiger partial charge on any atom is 0.186 e. The van der Waals surface area contributed by atoms with Crippen molar-refractivity contribution in [3.8, 4) is 0 Å². The minimum atomic E-state index is 0.481. The Labute approximate surface area is 187 Å². The van der Waals surface area contributed by atoms with Crippen LogP contribution in [0.25, 0.3) is 0 Å². The monoisotopic (exact) mass is 442 g/mol. The number of hydrazone groups is 2. The van der Waals surface area contributed by atoms with Gasteiger partial charge in [-0.05, 0) is 75.4 Å². The summed E-state index contributed by atoms with van der Waals surface area (Å²) < 4.78 is 0. The van der Waals surface area contributed by atoms with Crippen LogP contribution < -0.4 is 21.5 Å². The van der Waals surface area contributed by atoms with Gasteiger partial charge in [0.05, 0.1) is 22.8 Å². The predicted molar refractivity (Wildman–Crippen MR) is 130 cm³/mol. The first-order valence-electron chi connectivity index (χ1n) is 9.55. The molecule has 0 saturated heterocycles. The molecule has 2 heterocycles. The third-order valence-corrected chi connectivity index (χ3v) is 4.37. The van der Waals surface area contributed by atoms with E-state index in [1.165, 1.54) is 0 Å². The highest BCUT2D eigenvalue weighted by Gasteiger charge is 2.00. The first kappa shape index (κ1) is 23.3. The van der Waals surface area contributed by atoms with Gasteiger partial charge in [-0.25, -0.2) is 0 Å². The van der Waals surface area contributed by atoms with E-state index in [2.05, 4.69) is 41.7 Å². The van der Waals surface area contributed by atoms with Gasteiger partial charge in [0, 0.05) is 25.5 Å². The maximum atomic E-state index is 5.23. The van der Waals surface area contributed by atoms with Crippen molar-refractivity contribution in [3.05, 3.63) is 60.2 Å². The lowest BCUT2D eigenvalue weighted by molar-refractivity contribution is 0.682. The van der Waals surface area contributed by atoms with E-state index in [1.54, 1.807) is 12.4 Å². The predicted octanol–water partition coefficient (Wildman–Crippen LogP) is 2.33. The van der Waals surface area contributed by atoms with Crippen LogP contribution in [0.2, 0.25) is 0 Å². The standard InChI is InChI=1S/C20H26N8S2/c1-15(17-9-3-5-11-21-17)25-27-19(29)23-13-7-8-14-24-20(30)28-26-16(2)18-10-4-6-12-22-18/h3-6,9-12H,7-8,13-14H2,1-2H3,(H2,23,27,29)(H2,24,28,30)/b25-15+,26-16+. The van der Waals surface area contributed by atoms with Crippen LogP contribution in [0.4, 0.5) is 0 Å². The molecule has 10 heteroatoms. The molecule has 0 radical (unpaired) electrons. The average molecular weight is 443 g/mol. The normalized spacial score (nSPS) is 11.5. The molecule has 0 fully saturated rings. The summed E-state index contributed by atoms with van der Waals surface area (Å²) in [6.45, 7) is 5.23. The Balaban J connectivity index is 1.55. The summed E-state index contributed by atoms with van der Waals surface area (Å²) >= 11 is 10.5. The molecule has 0 aliphatic carbocycles. The number of nitrogens with one attached hydrogen (secondary N) is 4. The molecule has 2 aromatic heterocycles. The molecule has 0 aliphatic rings. The molecule has 0 aromatic carbocycles. The second-order valence-corrected chi connectivity index (χ2v) is 7.08. The highest BCUT2D eigenvalue weighted by molar-refractivity contribution is 7.80. The van der Waals surface area contributed by atoms with Gasteiger partial charge >= 0.3 is 0 Å². The maximum absolute atomic E-state index is 5.23. The van der Waals surface area contributed by atoms with Crippen LogP contribution in [0, 0.1) is 0 Å². The van der Waals surface area contributed by atoms with E-state index in [9.17, 15) is 0 Å². The van der Waals surface area contributed by atoms with E-state index in [0.717, 1.165) is 48.7 Å². The van der Waals surface area contributed by atoms with Crippen molar-refractivity contribution in [1.82, 2.24) is 31.5 Å². The van der Waals surface area contributed by atoms with Crippen LogP contribution in [0.3, 0.4) is 0 Å². The number of nitrogens with zero attached hydrogens (tertiary/aromatic N) is 4. The van der Waals surface area contributed by atoms with Crippen LogP contribution in [-0.4, -0.2) is 44.7 Å². The molecule has 0 amide bonds. The smallest absolute Gasteiger partial charge is 0.186 e. The first-order chi connectivity index (χ1) is 14.6. The Morgan fingerprint density at radius 2 is 1.20 bits per heavy atom. The Morgan fingerprint density at radius 1 is 0.767 bits per heavy atom. The molecule has 2 rings (SSSR count). The Bertz CT molecular complexity index is 795. The van der Waals surface area contributed by atoms with E-state index in [-0.39, 0.29) is 0 Å². The van der Waals surface area contributed by atoms with E-state index < -0.39 is 0 Å². The quantitative estimate of drug-likeness (QED) is 0.203. The van der Waals surface area contributed by atoms with Gasteiger partial charge in [0.1, 0.15) is 0 Å². The lowest BCUT2D eigenvalue weighted by atomic mass is 10.3. The van der Waals surface area contributed by atoms with Gasteiger partial charge in [0.2, 0.25) is 0 Å². The summed E-state index contributed by atoms with van der Waals surface area (Å²) in [6.07, 6.45) is 5.32. The van der Waals surface area contributed by atoms with E-state index in [4.69, 9.17) is 24.4 Å². The summed E-state index contributed by atoms with van der Waals surface area (Å²) in [5.41, 5.74) is 8.82. The van der Waals surface area contributed by atoms with Crippen LogP contribution in [-0.2, 0) is 0 Å². The van der Waals surface area contributed by atoms with Crippen LogP contribution in [0.5, 0.6) is 0 Å². The van der Waals surface area contributed by atoms with Crippen molar-refractivity contribution in [2.75, 3.05) is 13.1 Å². The summed E-state index contributed by atoms with van der Waals surface area (Å²) in [7, 11) is 0. The van der Waals surface area contributed by atoms with E-state index in [1.807, 2.05) is 50.2 Å². The third kappa shape index (κ3) is 9.01. The number of unbranched alkanes of at least 4 members (excludes halogenated alkanes) is 1. The van der Waals surface area contributed by atoms with Crippen molar-refractivity contribution < 1.29 is 0 Å². The van der Waals surface area contributed by atoms with Crippen molar-refractivity contribution >= 4 is 46.1 Å². The summed E-state index contributed by atoms with van der Waals surface area (Å²) in [4.78, 5) is 8.47. The minimum absolute atomic E-state index is 0.481. The second-order valence-electron chi connectivity index (χ2n) is 6.27. The van der Waals surface area contributed by atoms with Gasteiger partial charge in [0.15, 0.2) is 10.2 Å². The highest BCUT2D eigenvalue weighted by Crippen LogP contribution is 1.96. The van der Waals surface area contributed by atoms with E-state index in [0.29, 0.717) is 10.2 Å². The Hall–Kier alpha value is -2.98. The van der Waals surface area contributed by atoms with Gasteiger partial charge < -0.3 is 10.6 Å². The second kappa shape index (κ2) is 13.3. The number of hydrogen-bond donors (Lipinski definition) is 4.